The first-order valence-corrected chi connectivity index (χ1v) is 10.1. The predicted molar refractivity (Wildman–Crippen MR) is 118 cm³/mol. The fourth-order valence-electron chi connectivity index (χ4n) is 3.29. The summed E-state index contributed by atoms with van der Waals surface area (Å²) in [6.45, 7) is 7.09. The van der Waals surface area contributed by atoms with E-state index in [0.29, 0.717) is 0 Å². The molecule has 150 valence electrons. The van der Waals surface area contributed by atoms with E-state index in [4.69, 9.17) is 0 Å². The van der Waals surface area contributed by atoms with Gasteiger partial charge in [-0.25, -0.2) is 9.97 Å². The van der Waals surface area contributed by atoms with Crippen LogP contribution < -0.4 is 10.2 Å². The van der Waals surface area contributed by atoms with Gasteiger partial charge in [0.2, 0.25) is 0 Å². The third-order valence-corrected chi connectivity index (χ3v) is 4.91. The van der Waals surface area contributed by atoms with Crippen LogP contribution in [0, 0.1) is 0 Å². The minimum atomic E-state index is 0.914. The van der Waals surface area contributed by atoms with Gasteiger partial charge in [-0.1, -0.05) is 42.5 Å². The van der Waals surface area contributed by atoms with Gasteiger partial charge < -0.3 is 15.1 Å². The van der Waals surface area contributed by atoms with E-state index in [9.17, 15) is 0 Å². The van der Waals surface area contributed by atoms with Crippen molar-refractivity contribution in [2.45, 2.75) is 6.42 Å². The van der Waals surface area contributed by atoms with Gasteiger partial charge >= 0.3 is 0 Å². The maximum atomic E-state index is 4.48. The Kier molecular flexibility index (Phi) is 7.82. The molecule has 0 bridgehead atoms. The van der Waals surface area contributed by atoms with Crippen LogP contribution in [0.25, 0.3) is 6.08 Å². The van der Waals surface area contributed by atoms with Crippen LogP contribution in [0.3, 0.4) is 0 Å². The van der Waals surface area contributed by atoms with E-state index in [1.807, 2.05) is 0 Å². The van der Waals surface area contributed by atoms with Gasteiger partial charge in [-0.05, 0) is 32.6 Å². The van der Waals surface area contributed by atoms with E-state index in [1.165, 1.54) is 5.56 Å². The zero-order valence-corrected chi connectivity index (χ0v) is 17.1. The maximum Gasteiger partial charge on any atom is 0.134 e. The Hall–Kier alpha value is -2.44. The molecule has 3 rings (SSSR count). The minimum Gasteiger partial charge on any atom is -0.370 e. The number of piperazine rings is 1. The molecule has 0 amide bonds. The first-order chi connectivity index (χ1) is 13.7. The lowest BCUT2D eigenvalue weighted by atomic mass is 10.2. The van der Waals surface area contributed by atoms with Crippen LogP contribution in [0.15, 0.2) is 48.8 Å². The van der Waals surface area contributed by atoms with Crippen molar-refractivity contribution < 1.29 is 0 Å². The summed E-state index contributed by atoms with van der Waals surface area (Å²) in [5.74, 6) is 1.93. The Morgan fingerprint density at radius 2 is 1.86 bits per heavy atom. The van der Waals surface area contributed by atoms with E-state index in [0.717, 1.165) is 63.9 Å². The predicted octanol–water partition coefficient (Wildman–Crippen LogP) is 2.68. The number of nitrogens with zero attached hydrogens (tertiary/aromatic N) is 5. The second-order valence-electron chi connectivity index (χ2n) is 7.45. The molecule has 2 aromatic rings. The molecule has 1 fully saturated rings. The highest BCUT2D eigenvalue weighted by Gasteiger charge is 2.17. The standard InChI is InChI=1S/C22H32N6/c1-26(2)12-7-11-23-21-18-22(25-19-24-21)28-16-14-27(15-17-28)13-6-10-20-8-4-3-5-9-20/h3-6,8-10,18-19H,7,11-17H2,1-2H3,(H,23,24,25)/b10-6+. The number of nitrogens with one attached hydrogen (secondary N) is 1. The molecule has 0 unspecified atom stereocenters. The number of hydrogen-bond acceptors (Lipinski definition) is 6. The lowest BCUT2D eigenvalue weighted by molar-refractivity contribution is 0.283. The fourth-order valence-corrected chi connectivity index (χ4v) is 3.29. The first kappa shape index (κ1) is 20.3. The molecule has 1 aliphatic heterocycles. The van der Waals surface area contributed by atoms with E-state index >= 15 is 0 Å². The SMILES string of the molecule is CN(C)CCCNc1cc(N2CCN(C/C=C/c3ccccc3)CC2)ncn1. The molecular weight excluding hydrogens is 348 g/mol. The monoisotopic (exact) mass is 380 g/mol. The Labute approximate surface area is 168 Å². The summed E-state index contributed by atoms with van der Waals surface area (Å²) in [7, 11) is 4.19. The van der Waals surface area contributed by atoms with Gasteiger partial charge in [-0.3, -0.25) is 4.90 Å². The highest BCUT2D eigenvalue weighted by Crippen LogP contribution is 2.16. The van der Waals surface area contributed by atoms with Gasteiger partial charge in [0.05, 0.1) is 0 Å². The zero-order chi connectivity index (χ0) is 19.6. The Balaban J connectivity index is 1.43. The second kappa shape index (κ2) is 10.8. The molecule has 6 nitrogen and oxygen atoms in total. The quantitative estimate of drug-likeness (QED) is 0.675. The maximum absolute atomic E-state index is 4.48. The highest BCUT2D eigenvalue weighted by molar-refractivity contribution is 5.49. The van der Waals surface area contributed by atoms with Gasteiger partial charge in [-0.15, -0.1) is 0 Å². The average molecular weight is 381 g/mol. The average Bonchev–Trinajstić information content (AvgIpc) is 2.73. The molecule has 28 heavy (non-hydrogen) atoms. The van der Waals surface area contributed by atoms with Gasteiger partial charge in [0.25, 0.3) is 0 Å². The third kappa shape index (κ3) is 6.62. The summed E-state index contributed by atoms with van der Waals surface area (Å²) < 4.78 is 0. The summed E-state index contributed by atoms with van der Waals surface area (Å²) in [5, 5.41) is 3.41. The van der Waals surface area contributed by atoms with E-state index in [2.05, 4.69) is 92.6 Å². The minimum absolute atomic E-state index is 0.914. The molecule has 1 aromatic carbocycles. The lowest BCUT2D eigenvalue weighted by Crippen LogP contribution is -2.46. The highest BCUT2D eigenvalue weighted by atomic mass is 15.3. The molecule has 1 aromatic heterocycles. The molecule has 0 radical (unpaired) electrons. The van der Waals surface area contributed by atoms with Gasteiger partial charge in [0.15, 0.2) is 0 Å². The van der Waals surface area contributed by atoms with Gasteiger partial charge in [0, 0.05) is 45.3 Å². The van der Waals surface area contributed by atoms with Crippen molar-refractivity contribution in [1.29, 1.82) is 0 Å². The number of benzene rings is 1. The summed E-state index contributed by atoms with van der Waals surface area (Å²) in [6, 6.07) is 12.5. The summed E-state index contributed by atoms with van der Waals surface area (Å²) >= 11 is 0. The molecule has 0 spiro atoms. The summed E-state index contributed by atoms with van der Waals surface area (Å²) in [5.41, 5.74) is 1.26. The Bertz CT molecular complexity index is 723. The van der Waals surface area contributed by atoms with Crippen molar-refractivity contribution in [1.82, 2.24) is 19.8 Å². The normalized spacial score (nSPS) is 15.5. The van der Waals surface area contributed by atoms with Crippen molar-refractivity contribution in [3.63, 3.8) is 0 Å². The van der Waals surface area contributed by atoms with Gasteiger partial charge in [-0.2, -0.15) is 0 Å². The van der Waals surface area contributed by atoms with Crippen LogP contribution in [0.4, 0.5) is 11.6 Å². The molecule has 0 atom stereocenters. The van der Waals surface area contributed by atoms with Crippen molar-refractivity contribution in [2.24, 2.45) is 0 Å². The number of hydrogen-bond donors (Lipinski definition) is 1. The number of rotatable bonds is 9. The number of anilines is 2. The molecule has 0 saturated carbocycles. The smallest absolute Gasteiger partial charge is 0.134 e. The molecule has 1 aliphatic rings. The zero-order valence-electron chi connectivity index (χ0n) is 17.1. The molecular formula is C22H32N6. The molecule has 1 saturated heterocycles. The lowest BCUT2D eigenvalue weighted by Gasteiger charge is -2.34. The number of aromatic nitrogens is 2. The third-order valence-electron chi connectivity index (χ3n) is 4.91. The summed E-state index contributed by atoms with van der Waals surface area (Å²) in [4.78, 5) is 15.9. The van der Waals surface area contributed by atoms with Gasteiger partial charge in [0.1, 0.15) is 18.0 Å². The molecule has 2 heterocycles. The van der Waals surface area contributed by atoms with Crippen LogP contribution in [0.2, 0.25) is 0 Å². The summed E-state index contributed by atoms with van der Waals surface area (Å²) in [6.07, 6.45) is 7.22. The Morgan fingerprint density at radius 3 is 2.61 bits per heavy atom. The van der Waals surface area contributed by atoms with Crippen LogP contribution >= 0.6 is 0 Å². The van der Waals surface area contributed by atoms with E-state index in [-0.39, 0.29) is 0 Å². The topological polar surface area (TPSA) is 47.5 Å². The van der Waals surface area contributed by atoms with Crippen LogP contribution in [0.5, 0.6) is 0 Å². The van der Waals surface area contributed by atoms with E-state index in [1.54, 1.807) is 6.33 Å². The Morgan fingerprint density at radius 1 is 1.07 bits per heavy atom. The van der Waals surface area contributed by atoms with Crippen molar-refractivity contribution >= 4 is 17.7 Å². The van der Waals surface area contributed by atoms with Crippen LogP contribution in [-0.2, 0) is 0 Å². The van der Waals surface area contributed by atoms with Crippen LogP contribution in [0.1, 0.15) is 12.0 Å². The fraction of sp³-hybridized carbons (Fsp3) is 0.455. The molecule has 6 heteroatoms. The van der Waals surface area contributed by atoms with Crippen molar-refractivity contribution in [2.75, 3.05) is 70.1 Å². The van der Waals surface area contributed by atoms with Crippen molar-refractivity contribution in [3.8, 4) is 0 Å². The molecule has 1 N–H and O–H groups in total. The van der Waals surface area contributed by atoms with E-state index < -0.39 is 0 Å². The largest absolute Gasteiger partial charge is 0.370 e. The molecule has 0 aliphatic carbocycles. The second-order valence-corrected chi connectivity index (χ2v) is 7.45. The first-order valence-electron chi connectivity index (χ1n) is 10.1. The van der Waals surface area contributed by atoms with Crippen LogP contribution in [-0.4, -0.2) is 79.7 Å². The van der Waals surface area contributed by atoms with Crippen molar-refractivity contribution in [3.05, 3.63) is 54.4 Å².